The molecule has 4 atom stereocenters. The zero-order valence-corrected chi connectivity index (χ0v) is 16.3. The Kier molecular flexibility index (Phi) is 4.86. The van der Waals surface area contributed by atoms with Crippen LogP contribution in [0.4, 0.5) is 4.39 Å². The standard InChI is InChI=1S/C20H19Cl2FN2O3/c21-11-3-4-12(15(22)8-11)13-9-16(13)25-18(27)20(23)6-5-19(28,10-26)17-14(20)2-1-7-24-17/h1-4,7-8,13,16,26,28H,5-6,9-10H2,(H,25,27)/t13?,16?,19-,20+/m1/s1. The number of benzene rings is 1. The third-order valence-electron chi connectivity index (χ3n) is 5.65. The summed E-state index contributed by atoms with van der Waals surface area (Å²) >= 11 is 12.1. The molecule has 8 heteroatoms. The second kappa shape index (κ2) is 6.95. The minimum absolute atomic E-state index is 0.00275. The second-order valence-corrected chi connectivity index (χ2v) is 8.32. The molecule has 28 heavy (non-hydrogen) atoms. The van der Waals surface area contributed by atoms with Gasteiger partial charge in [0.1, 0.15) is 5.60 Å². The SMILES string of the molecule is O=C(NC1CC1c1ccc(Cl)cc1Cl)[C@]1(F)CC[C@@](O)(CO)c2ncccc21. The molecule has 2 aliphatic rings. The molecule has 4 rings (SSSR count). The Morgan fingerprint density at radius 3 is 2.82 bits per heavy atom. The van der Waals surface area contributed by atoms with E-state index in [4.69, 9.17) is 23.2 Å². The van der Waals surface area contributed by atoms with Gasteiger partial charge in [-0.25, -0.2) is 4.39 Å². The fourth-order valence-corrected chi connectivity index (χ4v) is 4.45. The van der Waals surface area contributed by atoms with Crippen molar-refractivity contribution in [1.29, 1.82) is 0 Å². The molecule has 5 nitrogen and oxygen atoms in total. The van der Waals surface area contributed by atoms with Gasteiger partial charge in [0.15, 0.2) is 0 Å². The van der Waals surface area contributed by atoms with Crippen LogP contribution >= 0.6 is 23.2 Å². The number of carbonyl (C=O) groups excluding carboxylic acids is 1. The number of aromatic nitrogens is 1. The minimum Gasteiger partial charge on any atom is -0.393 e. The highest BCUT2D eigenvalue weighted by molar-refractivity contribution is 6.35. The van der Waals surface area contributed by atoms with Crippen LogP contribution in [0.2, 0.25) is 10.0 Å². The molecule has 0 saturated heterocycles. The summed E-state index contributed by atoms with van der Waals surface area (Å²) in [6.07, 6.45) is 1.72. The number of rotatable bonds is 4. The Hall–Kier alpha value is -1.73. The molecule has 148 valence electrons. The highest BCUT2D eigenvalue weighted by Gasteiger charge is 2.53. The van der Waals surface area contributed by atoms with Crippen LogP contribution < -0.4 is 5.32 Å². The summed E-state index contributed by atoms with van der Waals surface area (Å²) in [6, 6.07) is 7.91. The van der Waals surface area contributed by atoms with Crippen molar-refractivity contribution >= 4 is 29.1 Å². The maximum Gasteiger partial charge on any atom is 0.262 e. The first kappa shape index (κ1) is 19.6. The van der Waals surface area contributed by atoms with Gasteiger partial charge >= 0.3 is 0 Å². The number of halogens is 3. The number of aliphatic hydroxyl groups is 2. The predicted octanol–water partition coefficient (Wildman–Crippen LogP) is 3.20. The Labute approximate surface area is 171 Å². The normalized spacial score (nSPS) is 31.2. The van der Waals surface area contributed by atoms with Crippen molar-refractivity contribution in [3.8, 4) is 0 Å². The molecular formula is C20H19Cl2FN2O3. The predicted molar refractivity (Wildman–Crippen MR) is 103 cm³/mol. The fourth-order valence-electron chi connectivity index (χ4n) is 3.90. The second-order valence-electron chi connectivity index (χ2n) is 7.48. The largest absolute Gasteiger partial charge is 0.393 e. The lowest BCUT2D eigenvalue weighted by molar-refractivity contribution is -0.138. The van der Waals surface area contributed by atoms with Crippen LogP contribution in [0.15, 0.2) is 36.5 Å². The van der Waals surface area contributed by atoms with Gasteiger partial charge in [-0.3, -0.25) is 9.78 Å². The van der Waals surface area contributed by atoms with E-state index in [1.807, 2.05) is 6.07 Å². The van der Waals surface area contributed by atoms with Crippen LogP contribution in [0, 0.1) is 0 Å². The molecule has 2 aromatic rings. The molecular weight excluding hydrogens is 406 g/mol. The molecule has 1 amide bonds. The summed E-state index contributed by atoms with van der Waals surface area (Å²) in [7, 11) is 0. The number of alkyl halides is 1. The zero-order chi connectivity index (χ0) is 20.1. The quantitative estimate of drug-likeness (QED) is 0.703. The van der Waals surface area contributed by atoms with Crippen LogP contribution in [0.1, 0.15) is 42.0 Å². The van der Waals surface area contributed by atoms with E-state index in [-0.39, 0.29) is 36.1 Å². The summed E-state index contributed by atoms with van der Waals surface area (Å²) in [4.78, 5) is 16.9. The van der Waals surface area contributed by atoms with Gasteiger partial charge in [0.25, 0.3) is 5.91 Å². The fraction of sp³-hybridized carbons (Fsp3) is 0.400. The molecule has 0 radical (unpaired) electrons. The Balaban J connectivity index is 1.55. The molecule has 1 heterocycles. The minimum atomic E-state index is -2.32. The smallest absolute Gasteiger partial charge is 0.262 e. The van der Waals surface area contributed by atoms with Gasteiger partial charge < -0.3 is 15.5 Å². The van der Waals surface area contributed by atoms with Gasteiger partial charge in [-0.05, 0) is 43.0 Å². The lowest BCUT2D eigenvalue weighted by Gasteiger charge is -2.38. The number of pyridine rings is 1. The Morgan fingerprint density at radius 2 is 2.11 bits per heavy atom. The molecule has 2 unspecified atom stereocenters. The van der Waals surface area contributed by atoms with Crippen molar-refractivity contribution in [3.05, 3.63) is 63.4 Å². The first-order valence-corrected chi connectivity index (χ1v) is 9.78. The number of carbonyl (C=O) groups is 1. The van der Waals surface area contributed by atoms with Gasteiger partial charge in [0.2, 0.25) is 5.67 Å². The third-order valence-corrected chi connectivity index (χ3v) is 6.21. The van der Waals surface area contributed by atoms with Crippen molar-refractivity contribution in [2.75, 3.05) is 6.61 Å². The summed E-state index contributed by atoms with van der Waals surface area (Å²) in [5.41, 5.74) is -3.09. The number of aliphatic hydroxyl groups excluding tert-OH is 1. The Bertz CT molecular complexity index is 943. The number of nitrogens with one attached hydrogen (secondary N) is 1. The van der Waals surface area contributed by atoms with Gasteiger partial charge in [-0.2, -0.15) is 0 Å². The van der Waals surface area contributed by atoms with Gasteiger partial charge in [-0.15, -0.1) is 0 Å². The van der Waals surface area contributed by atoms with E-state index in [0.717, 1.165) is 5.56 Å². The average molecular weight is 425 g/mol. The highest BCUT2D eigenvalue weighted by Crippen LogP contribution is 2.48. The third kappa shape index (κ3) is 3.18. The van der Waals surface area contributed by atoms with Gasteiger partial charge in [0, 0.05) is 33.8 Å². The van der Waals surface area contributed by atoms with Crippen LogP contribution in [0.5, 0.6) is 0 Å². The van der Waals surface area contributed by atoms with E-state index in [1.54, 1.807) is 12.1 Å². The highest BCUT2D eigenvalue weighted by atomic mass is 35.5. The van der Waals surface area contributed by atoms with Crippen molar-refractivity contribution in [3.63, 3.8) is 0 Å². The van der Waals surface area contributed by atoms with Gasteiger partial charge in [-0.1, -0.05) is 35.3 Å². The van der Waals surface area contributed by atoms with E-state index in [0.29, 0.717) is 16.5 Å². The van der Waals surface area contributed by atoms with Crippen molar-refractivity contribution in [1.82, 2.24) is 10.3 Å². The van der Waals surface area contributed by atoms with Crippen LogP contribution in [-0.4, -0.2) is 33.8 Å². The lowest BCUT2D eigenvalue weighted by atomic mass is 9.74. The monoisotopic (exact) mass is 424 g/mol. The van der Waals surface area contributed by atoms with E-state index in [1.165, 1.54) is 18.3 Å². The zero-order valence-electron chi connectivity index (χ0n) is 14.8. The molecule has 2 aliphatic carbocycles. The first-order valence-electron chi connectivity index (χ1n) is 9.02. The number of fused-ring (bicyclic) bond motifs is 1. The molecule has 3 N–H and O–H groups in total. The van der Waals surface area contributed by atoms with E-state index in [9.17, 15) is 15.0 Å². The van der Waals surface area contributed by atoms with E-state index < -0.39 is 23.8 Å². The Morgan fingerprint density at radius 1 is 1.32 bits per heavy atom. The average Bonchev–Trinajstić information content (AvgIpc) is 3.44. The first-order chi connectivity index (χ1) is 13.3. The number of hydrogen-bond donors (Lipinski definition) is 3. The molecule has 1 aromatic carbocycles. The van der Waals surface area contributed by atoms with Crippen LogP contribution in [-0.2, 0) is 16.1 Å². The summed E-state index contributed by atoms with van der Waals surface area (Å²) in [5, 5.41) is 23.9. The molecule has 1 saturated carbocycles. The molecule has 1 aromatic heterocycles. The molecule has 0 bridgehead atoms. The van der Waals surface area contributed by atoms with Crippen molar-refractivity contribution in [2.24, 2.45) is 0 Å². The number of amides is 1. The molecule has 0 aliphatic heterocycles. The number of nitrogens with zero attached hydrogens (tertiary/aromatic N) is 1. The molecule has 0 spiro atoms. The van der Waals surface area contributed by atoms with Crippen molar-refractivity contribution < 1.29 is 19.4 Å². The summed E-state index contributed by atoms with van der Waals surface area (Å²) < 4.78 is 15.8. The maximum atomic E-state index is 15.8. The van der Waals surface area contributed by atoms with Crippen LogP contribution in [0.3, 0.4) is 0 Å². The topological polar surface area (TPSA) is 82.5 Å². The summed E-state index contributed by atoms with van der Waals surface area (Å²) in [6.45, 7) is -0.589. The van der Waals surface area contributed by atoms with Crippen LogP contribution in [0.25, 0.3) is 0 Å². The van der Waals surface area contributed by atoms with E-state index >= 15 is 4.39 Å². The maximum absolute atomic E-state index is 15.8. The lowest BCUT2D eigenvalue weighted by Crippen LogP contribution is -2.49. The van der Waals surface area contributed by atoms with E-state index in [2.05, 4.69) is 10.3 Å². The molecule has 1 fully saturated rings. The number of hydrogen-bond acceptors (Lipinski definition) is 4. The van der Waals surface area contributed by atoms with Crippen molar-refractivity contribution in [2.45, 2.75) is 42.5 Å². The van der Waals surface area contributed by atoms with Gasteiger partial charge in [0.05, 0.1) is 12.3 Å². The summed E-state index contributed by atoms with van der Waals surface area (Å²) in [5.74, 6) is -0.761.